The molecule has 0 amide bonds. The third-order valence-electron chi connectivity index (χ3n) is 1.64. The second-order valence-corrected chi connectivity index (χ2v) is 3.21. The van der Waals surface area contributed by atoms with Gasteiger partial charge in [0.25, 0.3) is 0 Å². The molecule has 0 fully saturated rings. The molecule has 8 heteroatoms. The Bertz CT molecular complexity index is 463. The number of hydrogen-bond donors (Lipinski definition) is 0. The summed E-state index contributed by atoms with van der Waals surface area (Å²) in [5.74, 6) is 0. The Balaban J connectivity index is -0.0000000489. The third-order valence-corrected chi connectivity index (χ3v) is 2.27. The molecule has 0 heterocycles. The van der Waals surface area contributed by atoms with Gasteiger partial charge in [0.15, 0.2) is 0 Å². The molecule has 0 saturated heterocycles. The molecule has 2 aliphatic rings. The maximum absolute atomic E-state index is 7.50. The molecule has 2 radical (unpaired) electrons. The van der Waals surface area contributed by atoms with Crippen LogP contribution >= 0.6 is 0 Å². The van der Waals surface area contributed by atoms with Crippen LogP contribution in [0.15, 0.2) is 48.1 Å². The minimum atomic E-state index is 0. The van der Waals surface area contributed by atoms with Crippen LogP contribution in [0.4, 0.5) is 0 Å². The zero-order valence-electron chi connectivity index (χ0n) is 12.9. The summed E-state index contributed by atoms with van der Waals surface area (Å²) in [7, 11) is 1.65. The Labute approximate surface area is 166 Å². The van der Waals surface area contributed by atoms with Crippen LogP contribution in [0.3, 0.4) is 0 Å². The van der Waals surface area contributed by atoms with E-state index in [9.17, 15) is 0 Å². The molecule has 2 rings (SSSR count). The van der Waals surface area contributed by atoms with Gasteiger partial charge in [-0.25, -0.2) is 0 Å². The summed E-state index contributed by atoms with van der Waals surface area (Å²) in [6.45, 7) is 22.5. The topological polar surface area (TPSA) is 109 Å². The van der Waals surface area contributed by atoms with Crippen molar-refractivity contribution in [3.05, 3.63) is 94.2 Å². The van der Waals surface area contributed by atoms with Crippen molar-refractivity contribution in [2.24, 2.45) is 0 Å². The van der Waals surface area contributed by atoms with Gasteiger partial charge >= 0.3 is 119 Å². The minimum absolute atomic E-state index is 0. The molecule has 0 saturated carbocycles. The number of hydrogen-bond acceptors (Lipinski definition) is 1. The van der Waals surface area contributed by atoms with Crippen LogP contribution in [-0.4, -0.2) is 11.7 Å². The largest absolute Gasteiger partial charge is 0.0767 e. The van der Waals surface area contributed by atoms with E-state index in [-0.39, 0.29) is 17.1 Å². The molecule has 130 valence electrons. The Kier molecular flexibility index (Phi) is 76.9. The quantitative estimate of drug-likeness (QED) is 0.381. The fourth-order valence-corrected chi connectivity index (χ4v) is 1.16. The monoisotopic (exact) mass is 420 g/mol. The summed E-state index contributed by atoms with van der Waals surface area (Å²) in [4.78, 5) is 0. The summed E-state index contributed by atoms with van der Waals surface area (Å²) in [5, 5.41) is 0. The predicted molar refractivity (Wildman–Crippen MR) is 75.8 cm³/mol. The Morgan fingerprint density at radius 1 is 0.760 bits per heavy atom. The van der Waals surface area contributed by atoms with Gasteiger partial charge in [-0.15, -0.1) is 0 Å². The van der Waals surface area contributed by atoms with Crippen molar-refractivity contribution in [3.8, 4) is 0 Å². The molecule has 6 nitrogen and oxygen atoms in total. The van der Waals surface area contributed by atoms with Gasteiger partial charge in [-0.3, -0.25) is 0 Å². The van der Waals surface area contributed by atoms with E-state index in [0.717, 1.165) is 10.1 Å². The van der Waals surface area contributed by atoms with Gasteiger partial charge in [0.2, 0.25) is 0 Å². The molecule has 0 N–H and O–H groups in total. The van der Waals surface area contributed by atoms with Crippen LogP contribution in [0.5, 0.6) is 0 Å². The molecule has 0 unspecified atom stereocenters. The van der Waals surface area contributed by atoms with Crippen molar-refractivity contribution in [1.29, 1.82) is 0 Å². The number of methoxy groups -OCH3 is 1. The van der Waals surface area contributed by atoms with Gasteiger partial charge in [-0.2, -0.15) is 0 Å². The summed E-state index contributed by atoms with van der Waals surface area (Å²) in [6.07, 6.45) is 17.9. The van der Waals surface area contributed by atoms with Crippen LogP contribution < -0.4 is 0 Å². The summed E-state index contributed by atoms with van der Waals surface area (Å²) < 4.78 is 43.3. The first-order valence-electron chi connectivity index (χ1n) is 5.33. The fraction of sp³-hybridized carbons (Fsp3) is 0.0588. The number of ether oxygens (including phenoxy) is 1. The van der Waals surface area contributed by atoms with Crippen LogP contribution in [-0.2, 0) is 60.9 Å². The van der Waals surface area contributed by atoms with Crippen LogP contribution in [0.25, 0.3) is 0 Å². The predicted octanol–water partition coefficient (Wildman–Crippen LogP) is 2.14. The molecule has 0 aliphatic heterocycles. The Morgan fingerprint density at radius 2 is 1.16 bits per heavy atom. The fourth-order valence-electron chi connectivity index (χ4n) is 0.949. The number of rotatable bonds is 2. The molecular weight excluding hydrogens is 408 g/mol. The van der Waals surface area contributed by atoms with Crippen LogP contribution in [0, 0.1) is 46.1 Å². The summed E-state index contributed by atoms with van der Waals surface area (Å²) >= 11 is 2.82. The average Bonchev–Trinajstić information content (AvgIpc) is 3.45. The van der Waals surface area contributed by atoms with Crippen molar-refractivity contribution in [3.63, 3.8) is 0 Å². The normalized spacial score (nSPS) is 9.64. The van der Waals surface area contributed by atoms with Crippen molar-refractivity contribution >= 4 is 4.57 Å². The Hall–Kier alpha value is -1.46. The third kappa shape index (κ3) is 34.8. The maximum atomic E-state index is 7.50. The van der Waals surface area contributed by atoms with E-state index in [1.165, 1.54) is 0 Å². The van der Waals surface area contributed by atoms with E-state index in [4.69, 9.17) is 28.0 Å². The first-order valence-corrected chi connectivity index (χ1v) is 5.97. The smallest absolute Gasteiger partial charge is 0.00506 e. The number of allylic oxidation sites excluding steroid dienone is 6. The first kappa shape index (κ1) is 38.9. The average molecular weight is 420 g/mol. The second kappa shape index (κ2) is 49.5. The molecule has 0 atom stereocenters. The van der Waals surface area contributed by atoms with Crippen molar-refractivity contribution < 1.29 is 60.9 Å². The van der Waals surface area contributed by atoms with Gasteiger partial charge < -0.3 is 0 Å². The van der Waals surface area contributed by atoms with E-state index < -0.39 is 0 Å². The van der Waals surface area contributed by atoms with E-state index in [1.54, 1.807) is 7.11 Å². The molecule has 0 aromatic carbocycles. The van der Waals surface area contributed by atoms with Crippen molar-refractivity contribution in [2.75, 3.05) is 7.11 Å². The zero-order chi connectivity index (χ0) is 20.2. The van der Waals surface area contributed by atoms with Crippen LogP contribution in [0.2, 0.25) is 0 Å². The molecule has 0 spiro atoms. The molecule has 0 aromatic rings. The molecule has 25 heavy (non-hydrogen) atoms. The van der Waals surface area contributed by atoms with Gasteiger partial charge in [0.05, 0.1) is 0 Å². The van der Waals surface area contributed by atoms with E-state index >= 15 is 0 Å². The Morgan fingerprint density at radius 3 is 1.36 bits per heavy atom. The van der Waals surface area contributed by atoms with Crippen molar-refractivity contribution in [2.45, 2.75) is 0 Å². The SMILES string of the molecule is CO[C](=[Cr])C1=C[CH]C=C1.[C-]#[O+].[C-]#[O+].[C-]#[O+].[C-]#[O+].[C-]#[O+].[CH]1C=CC=C1.[Fe]. The molecule has 2 aliphatic carbocycles. The maximum Gasteiger partial charge on any atom is 0.00506 e. The molecule has 0 bridgehead atoms. The second-order valence-electron chi connectivity index (χ2n) is 2.63. The van der Waals surface area contributed by atoms with Gasteiger partial charge in [0.1, 0.15) is 0 Å². The van der Waals surface area contributed by atoms with Gasteiger partial charge in [0, 0.05) is 23.5 Å². The molecular formula is C17H12CrFeO6. The zero-order valence-corrected chi connectivity index (χ0v) is 15.3. The summed E-state index contributed by atoms with van der Waals surface area (Å²) in [5.41, 5.74) is 1.11. The summed E-state index contributed by atoms with van der Waals surface area (Å²) in [6, 6.07) is 0. The van der Waals surface area contributed by atoms with Gasteiger partial charge in [-0.1, -0.05) is 24.3 Å². The minimum Gasteiger partial charge on any atom is -0.0767 e. The molecule has 0 aromatic heterocycles. The first-order chi connectivity index (χ1) is 11.8. The van der Waals surface area contributed by atoms with E-state index in [2.05, 4.69) is 49.1 Å². The van der Waals surface area contributed by atoms with Gasteiger partial charge in [-0.05, 0) is 0 Å². The standard InChI is InChI=1S/C7H7O.C5H5.5CO.Cr.Fe/c1-8-6-7-4-2-3-5-7;1-2-4-5-3-1;5*1-2;;/h2-5H,1H3;1-5H;;;;;;;. The van der Waals surface area contributed by atoms with E-state index in [0.29, 0.717) is 0 Å². The van der Waals surface area contributed by atoms with Crippen molar-refractivity contribution in [1.82, 2.24) is 0 Å². The van der Waals surface area contributed by atoms with E-state index in [1.807, 2.05) is 55.4 Å². The van der Waals surface area contributed by atoms with Crippen LogP contribution in [0.1, 0.15) is 0 Å².